The van der Waals surface area contributed by atoms with Crippen LogP contribution >= 0.6 is 11.6 Å². The second-order valence-corrected chi connectivity index (χ2v) is 9.82. The Bertz CT molecular complexity index is 1070. The molecule has 1 aromatic carbocycles. The number of halogens is 1. The van der Waals surface area contributed by atoms with Crippen molar-refractivity contribution in [3.8, 4) is 5.75 Å². The molecule has 1 heterocycles. The molecular formula is C23H26ClN3O4. The Balaban J connectivity index is 1.46. The highest BCUT2D eigenvalue weighted by Crippen LogP contribution is 2.63. The van der Waals surface area contributed by atoms with Crippen LogP contribution in [0, 0.1) is 17.3 Å². The third-order valence-corrected chi connectivity index (χ3v) is 7.66. The first-order valence-electron chi connectivity index (χ1n) is 10.9. The largest absolute Gasteiger partial charge is 0.494 e. The van der Waals surface area contributed by atoms with Gasteiger partial charge in [0.2, 0.25) is 0 Å². The topological polar surface area (TPSA) is 93.4 Å². The Hall–Kier alpha value is -2.54. The highest BCUT2D eigenvalue weighted by Gasteiger charge is 2.62. The maximum atomic E-state index is 13.3. The molecule has 4 aliphatic carbocycles. The van der Waals surface area contributed by atoms with Gasteiger partial charge in [-0.3, -0.25) is 9.59 Å². The monoisotopic (exact) mass is 443 g/mol. The Morgan fingerprint density at radius 3 is 2.55 bits per heavy atom. The average Bonchev–Trinajstić information content (AvgIpc) is 2.72. The van der Waals surface area contributed by atoms with Crippen LogP contribution in [0.15, 0.2) is 35.3 Å². The van der Waals surface area contributed by atoms with Crippen molar-refractivity contribution >= 4 is 28.9 Å². The lowest BCUT2D eigenvalue weighted by Crippen LogP contribution is -2.61. The SMILES string of the molecule is CCOc1ccc(Nc2cnn(C34C[C@@H]5C[C@@H](CC(C(=O)O)(C5)C3)C4)c(=O)c2Cl)cc1. The summed E-state index contributed by atoms with van der Waals surface area (Å²) >= 11 is 6.49. The van der Waals surface area contributed by atoms with Gasteiger partial charge in [-0.25, -0.2) is 4.68 Å². The van der Waals surface area contributed by atoms with Crippen molar-refractivity contribution in [1.29, 1.82) is 0 Å². The van der Waals surface area contributed by atoms with Gasteiger partial charge in [-0.15, -0.1) is 0 Å². The highest BCUT2D eigenvalue weighted by molar-refractivity contribution is 6.33. The number of carboxylic acid groups (broad SMARTS) is 1. The number of carbonyl (C=O) groups is 1. The molecule has 164 valence electrons. The number of rotatable bonds is 6. The molecule has 0 amide bonds. The molecule has 0 radical (unpaired) electrons. The van der Waals surface area contributed by atoms with Crippen LogP contribution in [0.5, 0.6) is 5.75 Å². The molecule has 2 aromatic rings. The molecule has 4 aliphatic rings. The Morgan fingerprint density at radius 2 is 1.94 bits per heavy atom. The number of hydrogen-bond donors (Lipinski definition) is 2. The molecule has 4 saturated carbocycles. The van der Waals surface area contributed by atoms with E-state index in [1.54, 1.807) is 6.20 Å². The van der Waals surface area contributed by atoms with Crippen molar-refractivity contribution in [3.05, 3.63) is 45.8 Å². The number of aromatic nitrogens is 2. The number of nitrogens with zero attached hydrogens (tertiary/aromatic N) is 2. The molecule has 4 bridgehead atoms. The van der Waals surface area contributed by atoms with Gasteiger partial charge < -0.3 is 15.2 Å². The molecule has 4 atom stereocenters. The van der Waals surface area contributed by atoms with Crippen LogP contribution in [-0.2, 0) is 10.3 Å². The number of ether oxygens (including phenoxy) is 1. The van der Waals surface area contributed by atoms with Crippen LogP contribution < -0.4 is 15.6 Å². The summed E-state index contributed by atoms with van der Waals surface area (Å²) in [7, 11) is 0. The summed E-state index contributed by atoms with van der Waals surface area (Å²) in [6, 6.07) is 7.38. The lowest BCUT2D eigenvalue weighted by atomic mass is 9.47. The van der Waals surface area contributed by atoms with Crippen LogP contribution in [-0.4, -0.2) is 27.5 Å². The standard InChI is InChI=1S/C23H26ClN3O4/c1-2-31-17-5-3-16(4-6-17)26-18-12-25-27(20(28)19(18)24)23-10-14-7-15(11-23)9-22(8-14,13-23)21(29)30/h3-6,12,14-15,26H,2,7-11,13H2,1H3,(H,29,30)/t14-,15+,22?,23?. The fraction of sp³-hybridized carbons (Fsp3) is 0.522. The van der Waals surface area contributed by atoms with Gasteiger partial charge in [0.25, 0.3) is 5.56 Å². The third-order valence-electron chi connectivity index (χ3n) is 7.30. The van der Waals surface area contributed by atoms with Gasteiger partial charge in [0, 0.05) is 5.69 Å². The number of benzene rings is 1. The van der Waals surface area contributed by atoms with E-state index in [1.165, 1.54) is 4.68 Å². The van der Waals surface area contributed by atoms with E-state index in [1.807, 2.05) is 31.2 Å². The lowest BCUT2D eigenvalue weighted by molar-refractivity contribution is -0.173. The van der Waals surface area contributed by atoms with Crippen molar-refractivity contribution in [1.82, 2.24) is 9.78 Å². The van der Waals surface area contributed by atoms with E-state index < -0.39 is 16.9 Å². The van der Waals surface area contributed by atoms with E-state index in [-0.39, 0.29) is 10.6 Å². The minimum Gasteiger partial charge on any atom is -0.494 e. The molecular weight excluding hydrogens is 418 g/mol. The maximum Gasteiger partial charge on any atom is 0.309 e. The zero-order valence-electron chi connectivity index (χ0n) is 17.4. The van der Waals surface area contributed by atoms with Gasteiger partial charge in [0.05, 0.1) is 29.4 Å². The predicted octanol–water partition coefficient (Wildman–Crippen LogP) is 4.42. The summed E-state index contributed by atoms with van der Waals surface area (Å²) in [6.07, 6.45) is 6.10. The average molecular weight is 444 g/mol. The molecule has 2 N–H and O–H groups in total. The summed E-state index contributed by atoms with van der Waals surface area (Å²) in [5, 5.41) is 17.7. The van der Waals surface area contributed by atoms with Crippen molar-refractivity contribution in [2.24, 2.45) is 17.3 Å². The molecule has 0 aliphatic heterocycles. The molecule has 2 unspecified atom stereocenters. The van der Waals surface area contributed by atoms with Gasteiger partial charge in [-0.2, -0.15) is 5.10 Å². The molecule has 7 nitrogen and oxygen atoms in total. The Labute approximate surface area is 185 Å². The Morgan fingerprint density at radius 1 is 1.26 bits per heavy atom. The number of carboxylic acids is 1. The van der Waals surface area contributed by atoms with E-state index in [0.717, 1.165) is 30.7 Å². The van der Waals surface area contributed by atoms with E-state index in [4.69, 9.17) is 16.3 Å². The van der Waals surface area contributed by atoms with E-state index in [2.05, 4.69) is 10.4 Å². The number of nitrogens with one attached hydrogen (secondary N) is 1. The maximum absolute atomic E-state index is 13.3. The van der Waals surface area contributed by atoms with Gasteiger partial charge in [0.1, 0.15) is 10.8 Å². The minimum absolute atomic E-state index is 0.0732. The van der Waals surface area contributed by atoms with Gasteiger partial charge in [-0.05, 0) is 81.5 Å². The Kier molecular flexibility index (Phi) is 4.77. The molecule has 0 saturated heterocycles. The summed E-state index contributed by atoms with van der Waals surface area (Å²) in [5.41, 5.74) is -0.452. The minimum atomic E-state index is -0.739. The zero-order valence-corrected chi connectivity index (χ0v) is 18.2. The number of hydrogen-bond acceptors (Lipinski definition) is 5. The quantitative estimate of drug-likeness (QED) is 0.686. The van der Waals surface area contributed by atoms with Gasteiger partial charge in [0.15, 0.2) is 0 Å². The molecule has 8 heteroatoms. The second kappa shape index (κ2) is 7.26. The smallest absolute Gasteiger partial charge is 0.309 e. The summed E-state index contributed by atoms with van der Waals surface area (Å²) < 4.78 is 6.94. The summed E-state index contributed by atoms with van der Waals surface area (Å²) in [6.45, 7) is 2.52. The second-order valence-electron chi connectivity index (χ2n) is 9.44. The number of anilines is 2. The van der Waals surface area contributed by atoms with Crippen LogP contribution in [0.25, 0.3) is 0 Å². The lowest BCUT2D eigenvalue weighted by Gasteiger charge is -2.60. The van der Waals surface area contributed by atoms with Crippen molar-refractivity contribution in [2.45, 2.75) is 51.0 Å². The fourth-order valence-electron chi connectivity index (χ4n) is 6.53. The number of aliphatic carboxylic acids is 1. The van der Waals surface area contributed by atoms with E-state index >= 15 is 0 Å². The van der Waals surface area contributed by atoms with Gasteiger partial charge in [-0.1, -0.05) is 11.6 Å². The van der Waals surface area contributed by atoms with Crippen LogP contribution in [0.3, 0.4) is 0 Å². The van der Waals surface area contributed by atoms with Gasteiger partial charge >= 0.3 is 5.97 Å². The van der Waals surface area contributed by atoms with Crippen molar-refractivity contribution in [3.63, 3.8) is 0 Å². The van der Waals surface area contributed by atoms with Crippen LogP contribution in [0.4, 0.5) is 11.4 Å². The first kappa shape index (κ1) is 20.4. The van der Waals surface area contributed by atoms with Crippen LogP contribution in [0.2, 0.25) is 5.02 Å². The van der Waals surface area contributed by atoms with Crippen LogP contribution in [0.1, 0.15) is 45.4 Å². The third kappa shape index (κ3) is 3.30. The summed E-state index contributed by atoms with van der Waals surface area (Å²) in [5.74, 6) is 0.679. The predicted molar refractivity (Wildman–Crippen MR) is 117 cm³/mol. The molecule has 1 aromatic heterocycles. The zero-order chi connectivity index (χ0) is 21.8. The van der Waals surface area contributed by atoms with Crippen molar-refractivity contribution < 1.29 is 14.6 Å². The normalized spacial score (nSPS) is 30.9. The molecule has 31 heavy (non-hydrogen) atoms. The molecule has 6 rings (SSSR count). The van der Waals surface area contributed by atoms with E-state index in [0.29, 0.717) is 43.4 Å². The first-order chi connectivity index (χ1) is 14.8. The first-order valence-corrected chi connectivity index (χ1v) is 11.2. The molecule has 0 spiro atoms. The fourth-order valence-corrected chi connectivity index (χ4v) is 6.70. The summed E-state index contributed by atoms with van der Waals surface area (Å²) in [4.78, 5) is 25.4. The highest BCUT2D eigenvalue weighted by atomic mass is 35.5. The molecule has 4 fully saturated rings. The van der Waals surface area contributed by atoms with E-state index in [9.17, 15) is 14.7 Å². The van der Waals surface area contributed by atoms with Crippen molar-refractivity contribution in [2.75, 3.05) is 11.9 Å².